The van der Waals surface area contributed by atoms with Crippen molar-refractivity contribution in [3.63, 3.8) is 0 Å². The molecule has 0 aliphatic carbocycles. The summed E-state index contributed by atoms with van der Waals surface area (Å²) >= 11 is 4.66. The van der Waals surface area contributed by atoms with Gasteiger partial charge in [0.2, 0.25) is 0 Å². The van der Waals surface area contributed by atoms with Crippen molar-refractivity contribution in [3.05, 3.63) is 0 Å². The Morgan fingerprint density at radius 3 is 2.70 bits per heavy atom. The van der Waals surface area contributed by atoms with Crippen LogP contribution in [0.2, 0.25) is 0 Å². The summed E-state index contributed by atoms with van der Waals surface area (Å²) in [7, 11) is 1.66. The summed E-state index contributed by atoms with van der Waals surface area (Å²) in [6.45, 7) is 2.70. The molecule has 0 aliphatic rings. The fourth-order valence-electron chi connectivity index (χ4n) is 0.664. The van der Waals surface area contributed by atoms with E-state index in [0.29, 0.717) is 11.7 Å². The Labute approximate surface area is 66.9 Å². The third-order valence-corrected chi connectivity index (χ3v) is 1.32. The maximum Gasteiger partial charge on any atom is 0.163 e. The molecule has 0 aromatic heterocycles. The fourth-order valence-corrected chi connectivity index (χ4v) is 0.831. The zero-order valence-corrected chi connectivity index (χ0v) is 7.20. The molecule has 3 nitrogen and oxygen atoms in total. The molecule has 0 aliphatic heterocycles. The van der Waals surface area contributed by atoms with E-state index in [1.54, 1.807) is 7.11 Å². The highest BCUT2D eigenvalue weighted by Crippen LogP contribution is 1.89. The number of rotatable bonds is 4. The summed E-state index contributed by atoms with van der Waals surface area (Å²) in [5.41, 5.74) is 5.26. The molecule has 1 atom stereocenters. The molecule has 0 radical (unpaired) electrons. The van der Waals surface area contributed by atoms with Crippen LogP contribution in [-0.4, -0.2) is 24.9 Å². The number of thiocarbonyl (C=S) groups is 1. The molecule has 0 fully saturated rings. The maximum atomic E-state index is 5.26. The van der Waals surface area contributed by atoms with Crippen LogP contribution in [0.1, 0.15) is 13.3 Å². The molecular weight excluding hydrogens is 148 g/mol. The lowest BCUT2D eigenvalue weighted by Crippen LogP contribution is -2.40. The standard InChI is InChI=1S/C6H14N2OS/c1-3-5(4-9-2)8-6(7)10/h5H,3-4H2,1-2H3,(H3,7,8,10). The maximum absolute atomic E-state index is 5.26. The van der Waals surface area contributed by atoms with E-state index < -0.39 is 0 Å². The first-order valence-corrected chi connectivity index (χ1v) is 3.66. The molecule has 0 spiro atoms. The molecule has 10 heavy (non-hydrogen) atoms. The van der Waals surface area contributed by atoms with Crippen molar-refractivity contribution < 1.29 is 4.74 Å². The van der Waals surface area contributed by atoms with Gasteiger partial charge in [-0.1, -0.05) is 6.92 Å². The van der Waals surface area contributed by atoms with Gasteiger partial charge < -0.3 is 15.8 Å². The SMILES string of the molecule is CCC(COC)NC(N)=S. The van der Waals surface area contributed by atoms with Gasteiger partial charge in [0, 0.05) is 7.11 Å². The second-order valence-electron chi connectivity index (χ2n) is 2.07. The summed E-state index contributed by atoms with van der Waals surface area (Å²) in [5, 5.41) is 3.25. The van der Waals surface area contributed by atoms with Crippen LogP contribution >= 0.6 is 12.2 Å². The molecule has 0 aromatic rings. The summed E-state index contributed by atoms with van der Waals surface area (Å²) in [4.78, 5) is 0. The average molecular weight is 162 g/mol. The Morgan fingerprint density at radius 1 is 1.80 bits per heavy atom. The molecule has 4 heteroatoms. The van der Waals surface area contributed by atoms with E-state index in [1.807, 2.05) is 0 Å². The smallest absolute Gasteiger partial charge is 0.163 e. The van der Waals surface area contributed by atoms with Crippen LogP contribution in [0.5, 0.6) is 0 Å². The highest BCUT2D eigenvalue weighted by Gasteiger charge is 2.03. The minimum absolute atomic E-state index is 0.252. The third kappa shape index (κ3) is 4.52. The largest absolute Gasteiger partial charge is 0.383 e. The van der Waals surface area contributed by atoms with Crippen LogP contribution < -0.4 is 11.1 Å². The molecule has 60 valence electrons. The Bertz CT molecular complexity index is 108. The second kappa shape index (κ2) is 5.44. The van der Waals surface area contributed by atoms with Gasteiger partial charge in [-0.25, -0.2) is 0 Å². The van der Waals surface area contributed by atoms with Crippen molar-refractivity contribution in [2.75, 3.05) is 13.7 Å². The Morgan fingerprint density at radius 2 is 2.40 bits per heavy atom. The molecule has 0 amide bonds. The van der Waals surface area contributed by atoms with E-state index >= 15 is 0 Å². The predicted octanol–water partition coefficient (Wildman–Crippen LogP) is 0.245. The van der Waals surface area contributed by atoms with Crippen LogP contribution in [0, 0.1) is 0 Å². The van der Waals surface area contributed by atoms with E-state index in [1.165, 1.54) is 0 Å². The molecule has 0 aromatic carbocycles. The van der Waals surface area contributed by atoms with Gasteiger partial charge in [-0.05, 0) is 18.6 Å². The molecule has 3 N–H and O–H groups in total. The fraction of sp³-hybridized carbons (Fsp3) is 0.833. The van der Waals surface area contributed by atoms with E-state index in [4.69, 9.17) is 10.5 Å². The van der Waals surface area contributed by atoms with Crippen molar-refractivity contribution in [1.29, 1.82) is 0 Å². The molecule has 0 bridgehead atoms. The van der Waals surface area contributed by atoms with Gasteiger partial charge in [0.15, 0.2) is 5.11 Å². The second-order valence-corrected chi connectivity index (χ2v) is 2.51. The lowest BCUT2D eigenvalue weighted by atomic mass is 10.2. The van der Waals surface area contributed by atoms with E-state index in [9.17, 15) is 0 Å². The number of nitrogens with one attached hydrogen (secondary N) is 1. The van der Waals surface area contributed by atoms with Crippen LogP contribution in [-0.2, 0) is 4.74 Å². The lowest BCUT2D eigenvalue weighted by Gasteiger charge is -2.14. The van der Waals surface area contributed by atoms with Crippen LogP contribution in [0.3, 0.4) is 0 Å². The van der Waals surface area contributed by atoms with Gasteiger partial charge in [-0.2, -0.15) is 0 Å². The molecule has 0 saturated carbocycles. The summed E-state index contributed by atoms with van der Waals surface area (Å²) in [6.07, 6.45) is 0.963. The first-order chi connectivity index (χ1) is 4.70. The van der Waals surface area contributed by atoms with Crippen LogP contribution in [0.25, 0.3) is 0 Å². The van der Waals surface area contributed by atoms with Crippen molar-refractivity contribution in [2.45, 2.75) is 19.4 Å². The topological polar surface area (TPSA) is 47.3 Å². The van der Waals surface area contributed by atoms with E-state index in [0.717, 1.165) is 6.42 Å². The van der Waals surface area contributed by atoms with Crippen LogP contribution in [0.4, 0.5) is 0 Å². The van der Waals surface area contributed by atoms with Crippen molar-refractivity contribution in [3.8, 4) is 0 Å². The number of nitrogens with two attached hydrogens (primary N) is 1. The highest BCUT2D eigenvalue weighted by molar-refractivity contribution is 7.80. The predicted molar refractivity (Wildman–Crippen MR) is 45.9 cm³/mol. The normalized spacial score (nSPS) is 12.6. The van der Waals surface area contributed by atoms with Gasteiger partial charge in [0.05, 0.1) is 12.6 Å². The van der Waals surface area contributed by atoms with Crippen molar-refractivity contribution >= 4 is 17.3 Å². The quantitative estimate of drug-likeness (QED) is 0.582. The monoisotopic (exact) mass is 162 g/mol. The first-order valence-electron chi connectivity index (χ1n) is 3.25. The minimum Gasteiger partial charge on any atom is -0.383 e. The third-order valence-electron chi connectivity index (χ3n) is 1.21. The summed E-state index contributed by atoms with van der Waals surface area (Å²) < 4.78 is 4.92. The molecule has 1 unspecified atom stereocenters. The average Bonchev–Trinajstić information content (AvgIpc) is 1.86. The summed E-state index contributed by atoms with van der Waals surface area (Å²) in [5.74, 6) is 0. The van der Waals surface area contributed by atoms with E-state index in [-0.39, 0.29) is 6.04 Å². The van der Waals surface area contributed by atoms with Gasteiger partial charge in [-0.3, -0.25) is 0 Å². The zero-order chi connectivity index (χ0) is 7.98. The van der Waals surface area contributed by atoms with Crippen LogP contribution in [0.15, 0.2) is 0 Å². The van der Waals surface area contributed by atoms with Gasteiger partial charge in [0.1, 0.15) is 0 Å². The Hall–Kier alpha value is -0.350. The number of ether oxygens (including phenoxy) is 1. The minimum atomic E-state index is 0.252. The number of methoxy groups -OCH3 is 1. The summed E-state index contributed by atoms with van der Waals surface area (Å²) in [6, 6.07) is 0.252. The lowest BCUT2D eigenvalue weighted by molar-refractivity contribution is 0.172. The van der Waals surface area contributed by atoms with Gasteiger partial charge >= 0.3 is 0 Å². The molecule has 0 rings (SSSR count). The van der Waals surface area contributed by atoms with Crippen molar-refractivity contribution in [2.24, 2.45) is 5.73 Å². The van der Waals surface area contributed by atoms with Crippen molar-refractivity contribution in [1.82, 2.24) is 5.32 Å². The number of hydrogen-bond acceptors (Lipinski definition) is 2. The highest BCUT2D eigenvalue weighted by atomic mass is 32.1. The molecular formula is C6H14N2OS. The van der Waals surface area contributed by atoms with Gasteiger partial charge in [0.25, 0.3) is 0 Å². The Balaban J connectivity index is 3.49. The van der Waals surface area contributed by atoms with E-state index in [2.05, 4.69) is 24.5 Å². The molecule has 0 heterocycles. The zero-order valence-electron chi connectivity index (χ0n) is 6.39. The molecule has 0 saturated heterocycles. The number of hydrogen-bond donors (Lipinski definition) is 2. The first kappa shape index (κ1) is 9.65. The van der Waals surface area contributed by atoms with Gasteiger partial charge in [-0.15, -0.1) is 0 Å². The Kier molecular flexibility index (Phi) is 5.25.